The zero-order valence-electron chi connectivity index (χ0n) is 11.2. The van der Waals surface area contributed by atoms with Gasteiger partial charge < -0.3 is 19.9 Å². The first-order chi connectivity index (χ1) is 9.63. The monoisotopic (exact) mass is 293 g/mol. The lowest BCUT2D eigenvalue weighted by molar-refractivity contribution is 0.0697. The van der Waals surface area contributed by atoms with Crippen LogP contribution in [-0.2, 0) is 6.54 Å². The lowest BCUT2D eigenvalue weighted by atomic mass is 10.2. The average molecular weight is 293 g/mol. The predicted molar refractivity (Wildman–Crippen MR) is 78.2 cm³/mol. The molecule has 6 heteroatoms. The van der Waals surface area contributed by atoms with E-state index in [9.17, 15) is 4.79 Å². The quantitative estimate of drug-likeness (QED) is 0.856. The van der Waals surface area contributed by atoms with E-state index in [0.29, 0.717) is 17.9 Å². The van der Waals surface area contributed by atoms with E-state index >= 15 is 0 Å². The average Bonchev–Trinajstić information content (AvgIpc) is 2.93. The minimum Gasteiger partial charge on any atom is -0.497 e. The Balaban J connectivity index is 2.10. The number of methoxy groups -OCH3 is 2. The molecule has 5 nitrogen and oxygen atoms in total. The predicted octanol–water partition coefficient (Wildman–Crippen LogP) is 3.08. The van der Waals surface area contributed by atoms with Crippen molar-refractivity contribution in [3.05, 3.63) is 40.1 Å². The van der Waals surface area contributed by atoms with E-state index in [0.717, 1.165) is 16.3 Å². The first-order valence-corrected chi connectivity index (χ1v) is 6.78. The van der Waals surface area contributed by atoms with Gasteiger partial charge in [-0.05, 0) is 18.2 Å². The fraction of sp³-hybridized carbons (Fsp3) is 0.214. The SMILES string of the molecule is COc1ccc(OC)c(NCc2cc(C(=O)O)cs2)c1. The Bertz CT molecular complexity index is 609. The van der Waals surface area contributed by atoms with Crippen LogP contribution < -0.4 is 14.8 Å². The summed E-state index contributed by atoms with van der Waals surface area (Å²) in [6, 6.07) is 7.13. The molecule has 1 heterocycles. The molecular weight excluding hydrogens is 278 g/mol. The van der Waals surface area contributed by atoms with Gasteiger partial charge in [-0.1, -0.05) is 0 Å². The molecule has 0 aliphatic carbocycles. The maximum absolute atomic E-state index is 10.8. The lowest BCUT2D eigenvalue weighted by Gasteiger charge is -2.11. The van der Waals surface area contributed by atoms with Crippen molar-refractivity contribution in [3.8, 4) is 11.5 Å². The molecule has 0 aliphatic heterocycles. The van der Waals surface area contributed by atoms with Crippen molar-refractivity contribution >= 4 is 23.0 Å². The van der Waals surface area contributed by atoms with Crippen molar-refractivity contribution in [1.29, 1.82) is 0 Å². The van der Waals surface area contributed by atoms with Crippen LogP contribution in [0.1, 0.15) is 15.2 Å². The number of carboxylic acid groups (broad SMARTS) is 1. The number of aromatic carboxylic acids is 1. The number of anilines is 1. The Morgan fingerprint density at radius 3 is 2.70 bits per heavy atom. The molecule has 0 spiro atoms. The normalized spacial score (nSPS) is 10.1. The number of hydrogen-bond acceptors (Lipinski definition) is 5. The van der Waals surface area contributed by atoms with Crippen LogP contribution in [0.5, 0.6) is 11.5 Å². The van der Waals surface area contributed by atoms with E-state index < -0.39 is 5.97 Å². The fourth-order valence-electron chi connectivity index (χ4n) is 1.72. The van der Waals surface area contributed by atoms with Crippen molar-refractivity contribution in [1.82, 2.24) is 0 Å². The molecule has 0 atom stereocenters. The molecule has 0 radical (unpaired) electrons. The highest BCUT2D eigenvalue weighted by atomic mass is 32.1. The summed E-state index contributed by atoms with van der Waals surface area (Å²) < 4.78 is 10.4. The van der Waals surface area contributed by atoms with Gasteiger partial charge >= 0.3 is 5.97 Å². The fourth-order valence-corrected chi connectivity index (χ4v) is 2.52. The minimum atomic E-state index is -0.911. The highest BCUT2D eigenvalue weighted by molar-refractivity contribution is 7.10. The van der Waals surface area contributed by atoms with Gasteiger partial charge in [0.2, 0.25) is 0 Å². The van der Waals surface area contributed by atoms with Crippen LogP contribution in [0.2, 0.25) is 0 Å². The first-order valence-electron chi connectivity index (χ1n) is 5.90. The second-order valence-corrected chi connectivity index (χ2v) is 5.02. The number of benzene rings is 1. The van der Waals surface area contributed by atoms with Crippen LogP contribution in [-0.4, -0.2) is 25.3 Å². The maximum Gasteiger partial charge on any atom is 0.336 e. The van der Waals surface area contributed by atoms with Gasteiger partial charge in [0, 0.05) is 22.9 Å². The highest BCUT2D eigenvalue weighted by Gasteiger charge is 2.08. The Kier molecular flexibility index (Phi) is 4.47. The van der Waals surface area contributed by atoms with E-state index in [-0.39, 0.29) is 0 Å². The molecular formula is C14H15NO4S. The number of carbonyl (C=O) groups is 1. The summed E-state index contributed by atoms with van der Waals surface area (Å²) in [6.07, 6.45) is 0. The van der Waals surface area contributed by atoms with E-state index in [2.05, 4.69) is 5.32 Å². The Labute approximate surface area is 120 Å². The van der Waals surface area contributed by atoms with Crippen LogP contribution in [0.3, 0.4) is 0 Å². The molecule has 0 fully saturated rings. The summed E-state index contributed by atoms with van der Waals surface area (Å²) in [5.74, 6) is 0.526. The third-order valence-corrected chi connectivity index (χ3v) is 3.70. The zero-order valence-corrected chi connectivity index (χ0v) is 12.0. The molecule has 1 aromatic heterocycles. The molecule has 1 aromatic carbocycles. The Hall–Kier alpha value is -2.21. The third kappa shape index (κ3) is 3.21. The summed E-state index contributed by atoms with van der Waals surface area (Å²) in [5, 5.41) is 13.7. The second kappa shape index (κ2) is 6.29. The van der Waals surface area contributed by atoms with Crippen molar-refractivity contribution in [2.75, 3.05) is 19.5 Å². The molecule has 0 aliphatic rings. The van der Waals surface area contributed by atoms with Crippen LogP contribution >= 0.6 is 11.3 Å². The molecule has 20 heavy (non-hydrogen) atoms. The van der Waals surface area contributed by atoms with Gasteiger partial charge in [0.05, 0.1) is 25.5 Å². The molecule has 0 saturated carbocycles. The third-order valence-electron chi connectivity index (χ3n) is 2.76. The van der Waals surface area contributed by atoms with E-state index in [1.54, 1.807) is 25.7 Å². The minimum absolute atomic E-state index is 0.310. The number of nitrogens with one attached hydrogen (secondary N) is 1. The number of ether oxygens (including phenoxy) is 2. The molecule has 0 saturated heterocycles. The number of thiophene rings is 1. The summed E-state index contributed by atoms with van der Waals surface area (Å²) in [4.78, 5) is 11.8. The number of carboxylic acids is 1. The van der Waals surface area contributed by atoms with Crippen LogP contribution in [0, 0.1) is 0 Å². The van der Waals surface area contributed by atoms with E-state index in [4.69, 9.17) is 14.6 Å². The Morgan fingerprint density at radius 2 is 2.10 bits per heavy atom. The van der Waals surface area contributed by atoms with Crippen molar-refractivity contribution < 1.29 is 19.4 Å². The van der Waals surface area contributed by atoms with Crippen molar-refractivity contribution in [2.24, 2.45) is 0 Å². The zero-order chi connectivity index (χ0) is 14.5. The van der Waals surface area contributed by atoms with E-state index in [1.165, 1.54) is 11.3 Å². The summed E-state index contributed by atoms with van der Waals surface area (Å²) in [5.41, 5.74) is 1.11. The van der Waals surface area contributed by atoms with Gasteiger partial charge in [-0.2, -0.15) is 0 Å². The van der Waals surface area contributed by atoms with Gasteiger partial charge in [0.25, 0.3) is 0 Å². The molecule has 0 unspecified atom stereocenters. The van der Waals surface area contributed by atoms with Crippen LogP contribution in [0.4, 0.5) is 5.69 Å². The molecule has 2 aromatic rings. The summed E-state index contributed by atoms with van der Waals surface area (Å²) in [7, 11) is 3.20. The van der Waals surface area contributed by atoms with Gasteiger partial charge in [0.1, 0.15) is 11.5 Å². The number of hydrogen-bond donors (Lipinski definition) is 2. The van der Waals surface area contributed by atoms with Gasteiger partial charge in [0.15, 0.2) is 0 Å². The largest absolute Gasteiger partial charge is 0.497 e. The van der Waals surface area contributed by atoms with Crippen molar-refractivity contribution in [2.45, 2.75) is 6.54 Å². The smallest absolute Gasteiger partial charge is 0.336 e. The van der Waals surface area contributed by atoms with Crippen molar-refractivity contribution in [3.63, 3.8) is 0 Å². The molecule has 0 bridgehead atoms. The van der Waals surface area contributed by atoms with Crippen LogP contribution in [0.25, 0.3) is 0 Å². The maximum atomic E-state index is 10.8. The Morgan fingerprint density at radius 1 is 1.30 bits per heavy atom. The first kappa shape index (κ1) is 14.2. The lowest BCUT2D eigenvalue weighted by Crippen LogP contribution is -2.01. The molecule has 0 amide bonds. The topological polar surface area (TPSA) is 67.8 Å². The van der Waals surface area contributed by atoms with Crippen LogP contribution in [0.15, 0.2) is 29.6 Å². The number of rotatable bonds is 6. The molecule has 106 valence electrons. The molecule has 2 rings (SSSR count). The van der Waals surface area contributed by atoms with Gasteiger partial charge in [-0.3, -0.25) is 0 Å². The standard InChI is InChI=1S/C14H15NO4S/c1-18-10-3-4-13(19-2)12(6-10)15-7-11-5-9(8-20-11)14(16)17/h3-6,8,15H,7H2,1-2H3,(H,16,17). The summed E-state index contributed by atoms with van der Waals surface area (Å²) in [6.45, 7) is 0.529. The summed E-state index contributed by atoms with van der Waals surface area (Å²) >= 11 is 1.41. The molecule has 2 N–H and O–H groups in total. The van der Waals surface area contributed by atoms with Gasteiger partial charge in [-0.15, -0.1) is 11.3 Å². The van der Waals surface area contributed by atoms with Gasteiger partial charge in [-0.25, -0.2) is 4.79 Å². The van der Waals surface area contributed by atoms with E-state index in [1.807, 2.05) is 18.2 Å². The second-order valence-electron chi connectivity index (χ2n) is 4.03. The highest BCUT2D eigenvalue weighted by Crippen LogP contribution is 2.29.